The largest absolute Gasteiger partial charge is 0.433 e. The Hall–Kier alpha value is -2.13. The molecule has 3 aromatic rings. The van der Waals surface area contributed by atoms with Crippen molar-refractivity contribution in [3.05, 3.63) is 69.3 Å². The van der Waals surface area contributed by atoms with Crippen LogP contribution in [0.25, 0.3) is 0 Å². The van der Waals surface area contributed by atoms with Gasteiger partial charge in [0.25, 0.3) is 0 Å². The lowest BCUT2D eigenvalue weighted by atomic mass is 10.2. The number of thiocarbonyl (C=S) groups is 1. The first kappa shape index (κ1) is 21.6. The highest BCUT2D eigenvalue weighted by molar-refractivity contribution is 7.80. The third-order valence-electron chi connectivity index (χ3n) is 3.63. The zero-order valence-corrected chi connectivity index (χ0v) is 17.6. The Balaban J connectivity index is 1.68. The van der Waals surface area contributed by atoms with E-state index in [1.165, 1.54) is 6.07 Å². The van der Waals surface area contributed by atoms with Crippen molar-refractivity contribution >= 4 is 63.6 Å². The standard InChI is InChI=1S/C18H13Cl3F2N4OS/c19-11-6-5-10(7-12(11)20)8-27-9-13(21)16(26-27)25-18(29)24-14-3-1-2-4-15(14)28-17(22)23/h1-7,9,17H,8H2,(H2,24,25,26,29). The summed E-state index contributed by atoms with van der Waals surface area (Å²) in [5.41, 5.74) is 1.15. The first-order valence-corrected chi connectivity index (χ1v) is 9.65. The third kappa shape index (κ3) is 5.93. The van der Waals surface area contributed by atoms with Gasteiger partial charge in [-0.25, -0.2) is 0 Å². The van der Waals surface area contributed by atoms with Crippen LogP contribution in [0.2, 0.25) is 15.1 Å². The van der Waals surface area contributed by atoms with Crippen LogP contribution < -0.4 is 15.4 Å². The number of nitrogens with zero attached hydrogens (tertiary/aromatic N) is 2. The zero-order valence-electron chi connectivity index (χ0n) is 14.5. The molecule has 0 saturated carbocycles. The van der Waals surface area contributed by atoms with Crippen LogP contribution in [0.4, 0.5) is 20.3 Å². The Kier molecular flexibility index (Phi) is 7.13. The molecule has 152 valence electrons. The van der Waals surface area contributed by atoms with Crippen molar-refractivity contribution in [2.45, 2.75) is 13.2 Å². The fraction of sp³-hybridized carbons (Fsp3) is 0.111. The SMILES string of the molecule is FC(F)Oc1ccccc1NC(=S)Nc1nn(Cc2ccc(Cl)c(Cl)c2)cc1Cl. The Morgan fingerprint density at radius 2 is 1.83 bits per heavy atom. The van der Waals surface area contributed by atoms with Gasteiger partial charge in [-0.3, -0.25) is 4.68 Å². The lowest BCUT2D eigenvalue weighted by molar-refractivity contribution is -0.0493. The van der Waals surface area contributed by atoms with Crippen molar-refractivity contribution in [3.8, 4) is 5.75 Å². The second kappa shape index (κ2) is 9.58. The van der Waals surface area contributed by atoms with Crippen LogP contribution in [0.3, 0.4) is 0 Å². The van der Waals surface area contributed by atoms with Gasteiger partial charge in [-0.2, -0.15) is 13.9 Å². The number of nitrogens with one attached hydrogen (secondary N) is 2. The number of hydrogen-bond acceptors (Lipinski definition) is 3. The van der Waals surface area contributed by atoms with Crippen molar-refractivity contribution in [2.24, 2.45) is 0 Å². The van der Waals surface area contributed by atoms with E-state index in [2.05, 4.69) is 20.5 Å². The summed E-state index contributed by atoms with van der Waals surface area (Å²) >= 11 is 23.4. The average molecular weight is 478 g/mol. The summed E-state index contributed by atoms with van der Waals surface area (Å²) < 4.78 is 31.1. The monoisotopic (exact) mass is 476 g/mol. The van der Waals surface area contributed by atoms with Crippen molar-refractivity contribution in [1.82, 2.24) is 9.78 Å². The molecule has 11 heteroatoms. The maximum atomic E-state index is 12.5. The molecule has 0 saturated heterocycles. The van der Waals surface area contributed by atoms with E-state index in [-0.39, 0.29) is 16.5 Å². The van der Waals surface area contributed by atoms with Gasteiger partial charge in [-0.05, 0) is 42.0 Å². The van der Waals surface area contributed by atoms with Gasteiger partial charge < -0.3 is 15.4 Å². The third-order valence-corrected chi connectivity index (χ3v) is 4.85. The van der Waals surface area contributed by atoms with Gasteiger partial charge in [0.2, 0.25) is 0 Å². The van der Waals surface area contributed by atoms with Gasteiger partial charge >= 0.3 is 6.61 Å². The minimum atomic E-state index is -2.95. The van der Waals surface area contributed by atoms with Crippen LogP contribution >= 0.6 is 47.0 Å². The first-order chi connectivity index (χ1) is 13.8. The van der Waals surface area contributed by atoms with E-state index in [0.717, 1.165) is 5.56 Å². The van der Waals surface area contributed by atoms with Gasteiger partial charge in [-0.15, -0.1) is 0 Å². The lowest BCUT2D eigenvalue weighted by Gasteiger charge is -2.13. The number of anilines is 2. The van der Waals surface area contributed by atoms with Crippen molar-refractivity contribution in [2.75, 3.05) is 10.6 Å². The number of rotatable bonds is 6. The Morgan fingerprint density at radius 1 is 1.07 bits per heavy atom. The van der Waals surface area contributed by atoms with Crippen molar-refractivity contribution < 1.29 is 13.5 Å². The van der Waals surface area contributed by atoms with Crippen LogP contribution in [0.15, 0.2) is 48.7 Å². The van der Waals surface area contributed by atoms with Crippen molar-refractivity contribution in [3.63, 3.8) is 0 Å². The summed E-state index contributed by atoms with van der Waals surface area (Å²) in [5, 5.41) is 11.3. The summed E-state index contributed by atoms with van der Waals surface area (Å²) in [7, 11) is 0. The molecule has 0 atom stereocenters. The maximum Gasteiger partial charge on any atom is 0.387 e. The molecule has 0 unspecified atom stereocenters. The predicted octanol–water partition coefficient (Wildman–Crippen LogP) is 6.30. The molecular weight excluding hydrogens is 465 g/mol. The Labute approximate surface area is 185 Å². The number of hydrogen-bond donors (Lipinski definition) is 2. The van der Waals surface area contributed by atoms with Crippen LogP contribution in [-0.2, 0) is 6.54 Å². The molecule has 5 nitrogen and oxygen atoms in total. The number of aromatic nitrogens is 2. The quantitative estimate of drug-likeness (QED) is 0.408. The molecule has 2 aromatic carbocycles. The summed E-state index contributed by atoms with van der Waals surface area (Å²) in [6.45, 7) is -2.55. The Morgan fingerprint density at radius 3 is 2.55 bits per heavy atom. The molecule has 0 fully saturated rings. The molecule has 0 aliphatic heterocycles. The smallest absolute Gasteiger partial charge is 0.387 e. The number of benzene rings is 2. The summed E-state index contributed by atoms with van der Waals surface area (Å²) in [6.07, 6.45) is 1.61. The number of alkyl halides is 2. The van der Waals surface area contributed by atoms with E-state index in [0.29, 0.717) is 27.4 Å². The van der Waals surface area contributed by atoms with Crippen LogP contribution in [-0.4, -0.2) is 21.5 Å². The lowest BCUT2D eigenvalue weighted by Crippen LogP contribution is -2.20. The number of halogens is 5. The van der Waals surface area contributed by atoms with E-state index in [1.54, 1.807) is 41.2 Å². The van der Waals surface area contributed by atoms with E-state index in [4.69, 9.17) is 47.0 Å². The van der Waals surface area contributed by atoms with Gasteiger partial charge in [0.15, 0.2) is 10.9 Å². The molecule has 1 heterocycles. The minimum absolute atomic E-state index is 0.0390. The molecule has 1 aromatic heterocycles. The summed E-state index contributed by atoms with van der Waals surface area (Å²) in [6, 6.07) is 11.4. The average Bonchev–Trinajstić information content (AvgIpc) is 2.98. The summed E-state index contributed by atoms with van der Waals surface area (Å²) in [5.74, 6) is 0.263. The minimum Gasteiger partial charge on any atom is -0.433 e. The molecule has 3 rings (SSSR count). The normalized spacial score (nSPS) is 10.8. The second-order valence-corrected chi connectivity index (χ2v) is 7.36. The van der Waals surface area contributed by atoms with E-state index >= 15 is 0 Å². The first-order valence-electron chi connectivity index (χ1n) is 8.10. The van der Waals surface area contributed by atoms with Gasteiger partial charge in [0, 0.05) is 6.20 Å². The molecule has 0 spiro atoms. The number of ether oxygens (including phenoxy) is 1. The molecular formula is C18H13Cl3F2N4OS. The van der Waals surface area contributed by atoms with Crippen molar-refractivity contribution in [1.29, 1.82) is 0 Å². The van der Waals surface area contributed by atoms with Gasteiger partial charge in [0.1, 0.15) is 10.8 Å². The number of para-hydroxylation sites is 2. The molecule has 0 bridgehead atoms. The maximum absolute atomic E-state index is 12.5. The highest BCUT2D eigenvalue weighted by atomic mass is 35.5. The van der Waals surface area contributed by atoms with E-state index in [9.17, 15) is 8.78 Å². The molecule has 0 radical (unpaired) electrons. The Bertz CT molecular complexity index is 1030. The van der Waals surface area contributed by atoms with Crippen LogP contribution in [0, 0.1) is 0 Å². The molecule has 0 aliphatic carbocycles. The molecule has 0 amide bonds. The van der Waals surface area contributed by atoms with Crippen LogP contribution in [0.5, 0.6) is 5.75 Å². The van der Waals surface area contributed by atoms with E-state index in [1.807, 2.05) is 6.07 Å². The molecule has 0 aliphatic rings. The topological polar surface area (TPSA) is 51.1 Å². The summed E-state index contributed by atoms with van der Waals surface area (Å²) in [4.78, 5) is 0. The predicted molar refractivity (Wildman–Crippen MR) is 116 cm³/mol. The fourth-order valence-electron chi connectivity index (χ4n) is 2.42. The second-order valence-electron chi connectivity index (χ2n) is 5.73. The highest BCUT2D eigenvalue weighted by Gasteiger charge is 2.13. The highest BCUT2D eigenvalue weighted by Crippen LogP contribution is 2.27. The van der Waals surface area contributed by atoms with Crippen LogP contribution in [0.1, 0.15) is 5.56 Å². The molecule has 29 heavy (non-hydrogen) atoms. The zero-order chi connectivity index (χ0) is 21.0. The van der Waals surface area contributed by atoms with Gasteiger partial charge in [-0.1, -0.05) is 53.0 Å². The fourth-order valence-corrected chi connectivity index (χ4v) is 3.14. The van der Waals surface area contributed by atoms with E-state index < -0.39 is 6.61 Å². The molecule has 2 N–H and O–H groups in total. The van der Waals surface area contributed by atoms with Gasteiger partial charge in [0.05, 0.1) is 22.3 Å².